The van der Waals surface area contributed by atoms with Crippen molar-refractivity contribution >= 4 is 11.3 Å². The third-order valence-corrected chi connectivity index (χ3v) is 3.63. The lowest BCUT2D eigenvalue weighted by molar-refractivity contribution is 0.733. The molecule has 0 bridgehead atoms. The van der Waals surface area contributed by atoms with Gasteiger partial charge in [-0.05, 0) is 30.9 Å². The van der Waals surface area contributed by atoms with Gasteiger partial charge in [0.1, 0.15) is 0 Å². The summed E-state index contributed by atoms with van der Waals surface area (Å²) in [4.78, 5) is 2.85. The average Bonchev–Trinajstić information content (AvgIpc) is 2.85. The van der Waals surface area contributed by atoms with Crippen LogP contribution in [-0.4, -0.2) is 0 Å². The van der Waals surface area contributed by atoms with E-state index in [2.05, 4.69) is 18.1 Å². The second-order valence-corrected chi connectivity index (χ2v) is 4.98. The van der Waals surface area contributed by atoms with Crippen LogP contribution in [-0.2, 0) is 12.8 Å². The summed E-state index contributed by atoms with van der Waals surface area (Å²) in [5.41, 5.74) is 0. The zero-order chi connectivity index (χ0) is 9.10. The Morgan fingerprint density at radius 2 is 2.15 bits per heavy atom. The highest BCUT2D eigenvalue weighted by Crippen LogP contribution is 2.34. The van der Waals surface area contributed by atoms with E-state index in [0.29, 0.717) is 0 Å². The summed E-state index contributed by atoms with van der Waals surface area (Å²) >= 11 is 1.88. The number of rotatable bonds is 4. The number of thiophene rings is 1. The molecule has 0 nitrogen and oxygen atoms in total. The van der Waals surface area contributed by atoms with Gasteiger partial charge in [0, 0.05) is 16.2 Å². The standard InChI is InChI=1S/C12H14S/c1-2-3-11-8-9-12(13-11)7-6-10-4-5-10/h1,8-10H,3-7H2. The Hall–Kier alpha value is -0.740. The van der Waals surface area contributed by atoms with Crippen LogP contribution in [0.25, 0.3) is 0 Å². The lowest BCUT2D eigenvalue weighted by Gasteiger charge is -1.93. The highest BCUT2D eigenvalue weighted by molar-refractivity contribution is 7.12. The number of aryl methyl sites for hydroxylation is 1. The van der Waals surface area contributed by atoms with Gasteiger partial charge in [0.25, 0.3) is 0 Å². The van der Waals surface area contributed by atoms with Crippen LogP contribution in [0.2, 0.25) is 0 Å². The largest absolute Gasteiger partial charge is 0.144 e. The Kier molecular flexibility index (Phi) is 2.71. The molecule has 1 aromatic rings. The molecule has 1 aliphatic rings. The van der Waals surface area contributed by atoms with E-state index in [1.165, 1.54) is 35.4 Å². The Labute approximate surface area is 84.0 Å². The number of hydrogen-bond acceptors (Lipinski definition) is 1. The third kappa shape index (κ3) is 2.60. The first-order chi connectivity index (χ1) is 6.38. The van der Waals surface area contributed by atoms with Crippen LogP contribution in [0.5, 0.6) is 0 Å². The topological polar surface area (TPSA) is 0 Å². The van der Waals surface area contributed by atoms with E-state index in [4.69, 9.17) is 6.42 Å². The fourth-order valence-corrected chi connectivity index (χ4v) is 2.49. The van der Waals surface area contributed by atoms with Crippen LogP contribution in [0.3, 0.4) is 0 Å². The van der Waals surface area contributed by atoms with Crippen molar-refractivity contribution in [2.24, 2.45) is 5.92 Å². The molecule has 0 spiro atoms. The van der Waals surface area contributed by atoms with Gasteiger partial charge < -0.3 is 0 Å². The summed E-state index contributed by atoms with van der Waals surface area (Å²) < 4.78 is 0. The molecule has 0 saturated heterocycles. The molecule has 13 heavy (non-hydrogen) atoms. The molecular weight excluding hydrogens is 176 g/mol. The maximum Gasteiger partial charge on any atom is 0.0432 e. The molecule has 0 unspecified atom stereocenters. The predicted octanol–water partition coefficient (Wildman–Crippen LogP) is 3.27. The van der Waals surface area contributed by atoms with Crippen molar-refractivity contribution in [2.45, 2.75) is 32.1 Å². The lowest BCUT2D eigenvalue weighted by atomic mass is 10.2. The second-order valence-electron chi connectivity index (χ2n) is 3.73. The normalized spacial score (nSPS) is 15.6. The molecule has 1 heteroatoms. The predicted molar refractivity (Wildman–Crippen MR) is 57.9 cm³/mol. The smallest absolute Gasteiger partial charge is 0.0432 e. The molecule has 0 atom stereocenters. The van der Waals surface area contributed by atoms with Crippen molar-refractivity contribution in [3.8, 4) is 12.3 Å². The Morgan fingerprint density at radius 3 is 2.85 bits per heavy atom. The minimum atomic E-state index is 0.800. The highest BCUT2D eigenvalue weighted by atomic mass is 32.1. The van der Waals surface area contributed by atoms with Crippen molar-refractivity contribution in [3.05, 3.63) is 21.9 Å². The van der Waals surface area contributed by atoms with Crippen molar-refractivity contribution in [1.29, 1.82) is 0 Å². The number of terminal acetylenes is 1. The van der Waals surface area contributed by atoms with Gasteiger partial charge >= 0.3 is 0 Å². The average molecular weight is 190 g/mol. The molecule has 2 rings (SSSR count). The summed E-state index contributed by atoms with van der Waals surface area (Å²) in [5, 5.41) is 0. The number of hydrogen-bond donors (Lipinski definition) is 0. The highest BCUT2D eigenvalue weighted by Gasteiger charge is 2.20. The first-order valence-corrected chi connectivity index (χ1v) is 5.71. The zero-order valence-electron chi connectivity index (χ0n) is 7.75. The van der Waals surface area contributed by atoms with Gasteiger partial charge in [-0.15, -0.1) is 23.7 Å². The molecule has 0 amide bonds. The lowest BCUT2D eigenvalue weighted by Crippen LogP contribution is -1.80. The molecule has 1 aliphatic carbocycles. The van der Waals surface area contributed by atoms with E-state index in [9.17, 15) is 0 Å². The summed E-state index contributed by atoms with van der Waals surface area (Å²) in [6.07, 6.45) is 11.6. The van der Waals surface area contributed by atoms with Crippen molar-refractivity contribution < 1.29 is 0 Å². The molecule has 68 valence electrons. The monoisotopic (exact) mass is 190 g/mol. The second kappa shape index (κ2) is 3.98. The van der Waals surface area contributed by atoms with E-state index in [0.717, 1.165) is 12.3 Å². The molecule has 1 fully saturated rings. The Morgan fingerprint density at radius 1 is 1.38 bits per heavy atom. The summed E-state index contributed by atoms with van der Waals surface area (Å²) in [7, 11) is 0. The van der Waals surface area contributed by atoms with Gasteiger partial charge in [-0.1, -0.05) is 12.8 Å². The van der Waals surface area contributed by atoms with Crippen molar-refractivity contribution in [2.75, 3.05) is 0 Å². The summed E-state index contributed by atoms with van der Waals surface area (Å²) in [6.45, 7) is 0. The summed E-state index contributed by atoms with van der Waals surface area (Å²) in [5.74, 6) is 3.72. The Balaban J connectivity index is 1.85. The molecule has 0 radical (unpaired) electrons. The molecular formula is C12H14S. The third-order valence-electron chi connectivity index (χ3n) is 2.49. The quantitative estimate of drug-likeness (QED) is 0.639. The minimum Gasteiger partial charge on any atom is -0.144 e. The molecule has 0 aromatic carbocycles. The molecule has 0 aliphatic heterocycles. The van der Waals surface area contributed by atoms with E-state index in [1.54, 1.807) is 0 Å². The first-order valence-electron chi connectivity index (χ1n) is 4.89. The van der Waals surface area contributed by atoms with Crippen LogP contribution in [0.15, 0.2) is 12.1 Å². The minimum absolute atomic E-state index is 0.800. The maximum absolute atomic E-state index is 5.26. The zero-order valence-corrected chi connectivity index (χ0v) is 8.57. The first kappa shape index (κ1) is 8.84. The van der Waals surface area contributed by atoms with Crippen molar-refractivity contribution in [1.82, 2.24) is 0 Å². The van der Waals surface area contributed by atoms with Gasteiger partial charge in [-0.2, -0.15) is 0 Å². The van der Waals surface area contributed by atoms with Crippen LogP contribution in [0.4, 0.5) is 0 Å². The van der Waals surface area contributed by atoms with E-state index >= 15 is 0 Å². The van der Waals surface area contributed by atoms with Crippen LogP contribution in [0, 0.1) is 18.3 Å². The fourth-order valence-electron chi connectivity index (χ4n) is 1.51. The van der Waals surface area contributed by atoms with E-state index < -0.39 is 0 Å². The molecule has 1 heterocycles. The van der Waals surface area contributed by atoms with Crippen molar-refractivity contribution in [3.63, 3.8) is 0 Å². The SMILES string of the molecule is C#CCc1ccc(CCC2CC2)s1. The van der Waals surface area contributed by atoms with Gasteiger partial charge in [-0.3, -0.25) is 0 Å². The van der Waals surface area contributed by atoms with Gasteiger partial charge in [0.2, 0.25) is 0 Å². The fraction of sp³-hybridized carbons (Fsp3) is 0.500. The van der Waals surface area contributed by atoms with Gasteiger partial charge in [-0.25, -0.2) is 0 Å². The molecule has 1 saturated carbocycles. The van der Waals surface area contributed by atoms with E-state index in [-0.39, 0.29) is 0 Å². The van der Waals surface area contributed by atoms with Crippen LogP contribution in [0.1, 0.15) is 29.0 Å². The van der Waals surface area contributed by atoms with Gasteiger partial charge in [0.15, 0.2) is 0 Å². The van der Waals surface area contributed by atoms with Gasteiger partial charge in [0.05, 0.1) is 0 Å². The molecule has 1 aromatic heterocycles. The van der Waals surface area contributed by atoms with E-state index in [1.807, 2.05) is 11.3 Å². The van der Waals surface area contributed by atoms with Crippen LogP contribution >= 0.6 is 11.3 Å². The molecule has 0 N–H and O–H groups in total. The maximum atomic E-state index is 5.26. The Bertz CT molecular complexity index is 312. The summed E-state index contributed by atoms with van der Waals surface area (Å²) in [6, 6.07) is 4.41. The van der Waals surface area contributed by atoms with Crippen LogP contribution < -0.4 is 0 Å².